The van der Waals surface area contributed by atoms with Gasteiger partial charge in [0.1, 0.15) is 0 Å². The van der Waals surface area contributed by atoms with Crippen LogP contribution in [0.3, 0.4) is 0 Å². The molecular weight excluding hydrogens is 420 g/mol. The van der Waals surface area contributed by atoms with Crippen LogP contribution in [0.25, 0.3) is 0 Å². The average molecular weight is 493 g/mol. The summed E-state index contributed by atoms with van der Waals surface area (Å²) in [4.78, 5) is 0. The molecule has 35 heavy (non-hydrogen) atoms. The Hall–Kier alpha value is 0. The highest BCUT2D eigenvalue weighted by Crippen LogP contribution is 2.19. The van der Waals surface area contributed by atoms with E-state index in [1.165, 1.54) is 199 Å². The van der Waals surface area contributed by atoms with E-state index in [-0.39, 0.29) is 0 Å². The van der Waals surface area contributed by atoms with Crippen LogP contribution in [0.5, 0.6) is 0 Å². The van der Waals surface area contributed by atoms with E-state index in [0.29, 0.717) is 0 Å². The second-order valence-electron chi connectivity index (χ2n) is 12.2. The van der Waals surface area contributed by atoms with Gasteiger partial charge in [-0.1, -0.05) is 220 Å². The van der Waals surface area contributed by atoms with Crippen molar-refractivity contribution in [2.75, 3.05) is 0 Å². The molecule has 0 aromatic heterocycles. The second kappa shape index (κ2) is 32.0. The first-order valence-electron chi connectivity index (χ1n) is 17.3. The molecule has 0 saturated heterocycles. The first kappa shape index (κ1) is 35.0. The van der Waals surface area contributed by atoms with Crippen molar-refractivity contribution in [1.82, 2.24) is 0 Å². The first-order valence-corrected chi connectivity index (χ1v) is 17.3. The third kappa shape index (κ3) is 32.0. The summed E-state index contributed by atoms with van der Waals surface area (Å²) in [7, 11) is 0. The Labute approximate surface area is 225 Å². The fraction of sp³-hybridized carbons (Fsp3) is 1.00. The molecule has 0 radical (unpaired) electrons. The first-order chi connectivity index (χ1) is 17.3. The molecule has 0 aromatic carbocycles. The number of rotatable bonds is 31. The van der Waals surface area contributed by atoms with Crippen LogP contribution in [-0.4, -0.2) is 0 Å². The van der Waals surface area contributed by atoms with Crippen molar-refractivity contribution in [2.24, 2.45) is 5.92 Å². The standard InChI is InChI=1S/C35H72/c1-4-6-8-10-12-14-16-17-18-19-20-21-22-23-24-26-28-30-32-34-35(3)33-31-29-27-25-15-13-11-9-7-5-2/h35H,4-34H2,1-3H3. The van der Waals surface area contributed by atoms with Gasteiger partial charge in [-0.2, -0.15) is 0 Å². The van der Waals surface area contributed by atoms with Crippen molar-refractivity contribution in [1.29, 1.82) is 0 Å². The van der Waals surface area contributed by atoms with Crippen molar-refractivity contribution in [3.8, 4) is 0 Å². The molecule has 0 rings (SSSR count). The average Bonchev–Trinajstić information content (AvgIpc) is 2.86. The minimum absolute atomic E-state index is 0.967. The van der Waals surface area contributed by atoms with E-state index in [1.54, 1.807) is 0 Å². The SMILES string of the molecule is CCCCCCCCCCCCCCCCCCCCCC(C)CCCCCCCCCCCC. The van der Waals surface area contributed by atoms with Crippen molar-refractivity contribution < 1.29 is 0 Å². The normalized spacial score (nSPS) is 12.4. The molecule has 0 N–H and O–H groups in total. The summed E-state index contributed by atoms with van der Waals surface area (Å²) >= 11 is 0. The molecular formula is C35H72. The molecule has 0 aromatic rings. The Morgan fingerprint density at radius 2 is 0.429 bits per heavy atom. The summed E-state index contributed by atoms with van der Waals surface area (Å²) < 4.78 is 0. The lowest BCUT2D eigenvalue weighted by Crippen LogP contribution is -1.95. The van der Waals surface area contributed by atoms with E-state index in [9.17, 15) is 0 Å². The van der Waals surface area contributed by atoms with Gasteiger partial charge in [0.25, 0.3) is 0 Å². The van der Waals surface area contributed by atoms with E-state index in [2.05, 4.69) is 20.8 Å². The summed E-state index contributed by atoms with van der Waals surface area (Å²) in [6.45, 7) is 7.12. The molecule has 0 bridgehead atoms. The Balaban J connectivity index is 3.12. The van der Waals surface area contributed by atoms with Crippen LogP contribution < -0.4 is 0 Å². The lowest BCUT2D eigenvalue weighted by Gasteiger charge is -2.11. The molecule has 1 unspecified atom stereocenters. The maximum absolute atomic E-state index is 2.50. The summed E-state index contributed by atoms with van der Waals surface area (Å²) in [5.74, 6) is 0.967. The third-order valence-electron chi connectivity index (χ3n) is 8.35. The zero-order valence-electron chi connectivity index (χ0n) is 25.5. The van der Waals surface area contributed by atoms with Crippen molar-refractivity contribution in [2.45, 2.75) is 220 Å². The van der Waals surface area contributed by atoms with Gasteiger partial charge in [-0.15, -0.1) is 0 Å². The maximum atomic E-state index is 2.50. The van der Waals surface area contributed by atoms with Crippen LogP contribution in [0.1, 0.15) is 220 Å². The smallest absolute Gasteiger partial charge is 0.0443 e. The van der Waals surface area contributed by atoms with Crippen molar-refractivity contribution in [3.05, 3.63) is 0 Å². The predicted octanol–water partition coefficient (Wildman–Crippen LogP) is 13.8. The van der Waals surface area contributed by atoms with Crippen LogP contribution in [0, 0.1) is 5.92 Å². The minimum atomic E-state index is 0.967. The predicted molar refractivity (Wildman–Crippen MR) is 164 cm³/mol. The van der Waals surface area contributed by atoms with Gasteiger partial charge in [-0.05, 0) is 5.92 Å². The number of hydrogen-bond acceptors (Lipinski definition) is 0. The molecule has 0 aliphatic rings. The monoisotopic (exact) mass is 493 g/mol. The Morgan fingerprint density at radius 1 is 0.257 bits per heavy atom. The highest BCUT2D eigenvalue weighted by atomic mass is 14.1. The summed E-state index contributed by atoms with van der Waals surface area (Å²) in [6, 6.07) is 0. The summed E-state index contributed by atoms with van der Waals surface area (Å²) in [6.07, 6.45) is 45.7. The molecule has 212 valence electrons. The summed E-state index contributed by atoms with van der Waals surface area (Å²) in [5, 5.41) is 0. The second-order valence-corrected chi connectivity index (χ2v) is 12.2. The Kier molecular flexibility index (Phi) is 32.0. The van der Waals surface area contributed by atoms with E-state index < -0.39 is 0 Å². The lowest BCUT2D eigenvalue weighted by atomic mass is 9.95. The molecule has 0 spiro atoms. The molecule has 0 fully saturated rings. The van der Waals surface area contributed by atoms with Crippen LogP contribution in [0.4, 0.5) is 0 Å². The van der Waals surface area contributed by atoms with E-state index >= 15 is 0 Å². The van der Waals surface area contributed by atoms with Crippen LogP contribution in [0.2, 0.25) is 0 Å². The van der Waals surface area contributed by atoms with Gasteiger partial charge in [0.05, 0.1) is 0 Å². The zero-order valence-corrected chi connectivity index (χ0v) is 25.5. The van der Waals surface area contributed by atoms with Crippen LogP contribution in [0.15, 0.2) is 0 Å². The largest absolute Gasteiger partial charge is 0.0654 e. The molecule has 0 amide bonds. The molecule has 0 heterocycles. The van der Waals surface area contributed by atoms with Gasteiger partial charge in [-0.25, -0.2) is 0 Å². The zero-order chi connectivity index (χ0) is 25.5. The van der Waals surface area contributed by atoms with E-state index in [0.717, 1.165) is 5.92 Å². The topological polar surface area (TPSA) is 0 Å². The van der Waals surface area contributed by atoms with Crippen molar-refractivity contribution in [3.63, 3.8) is 0 Å². The molecule has 0 aliphatic carbocycles. The molecule has 0 saturated carbocycles. The van der Waals surface area contributed by atoms with Gasteiger partial charge in [0, 0.05) is 0 Å². The Bertz CT molecular complexity index is 346. The number of hydrogen-bond donors (Lipinski definition) is 0. The fourth-order valence-corrected chi connectivity index (χ4v) is 5.70. The third-order valence-corrected chi connectivity index (χ3v) is 8.35. The lowest BCUT2D eigenvalue weighted by molar-refractivity contribution is 0.429. The van der Waals surface area contributed by atoms with Crippen molar-refractivity contribution >= 4 is 0 Å². The van der Waals surface area contributed by atoms with Gasteiger partial charge in [-0.3, -0.25) is 0 Å². The van der Waals surface area contributed by atoms with Crippen LogP contribution >= 0.6 is 0 Å². The molecule has 0 heteroatoms. The quantitative estimate of drug-likeness (QED) is 0.0844. The van der Waals surface area contributed by atoms with Gasteiger partial charge in [0.15, 0.2) is 0 Å². The van der Waals surface area contributed by atoms with E-state index in [4.69, 9.17) is 0 Å². The van der Waals surface area contributed by atoms with Crippen LogP contribution in [-0.2, 0) is 0 Å². The van der Waals surface area contributed by atoms with Gasteiger partial charge in [0.2, 0.25) is 0 Å². The fourth-order valence-electron chi connectivity index (χ4n) is 5.70. The molecule has 1 atom stereocenters. The highest BCUT2D eigenvalue weighted by Gasteiger charge is 2.02. The van der Waals surface area contributed by atoms with Gasteiger partial charge >= 0.3 is 0 Å². The highest BCUT2D eigenvalue weighted by molar-refractivity contribution is 4.56. The minimum Gasteiger partial charge on any atom is -0.0654 e. The Morgan fingerprint density at radius 3 is 0.629 bits per heavy atom. The maximum Gasteiger partial charge on any atom is -0.0443 e. The van der Waals surface area contributed by atoms with Gasteiger partial charge < -0.3 is 0 Å². The summed E-state index contributed by atoms with van der Waals surface area (Å²) in [5.41, 5.74) is 0. The van der Waals surface area contributed by atoms with E-state index in [1.807, 2.05) is 0 Å². The molecule has 0 nitrogen and oxygen atoms in total. The number of unbranched alkanes of at least 4 members (excludes halogenated alkanes) is 27. The molecule has 0 aliphatic heterocycles.